The summed E-state index contributed by atoms with van der Waals surface area (Å²) in [5.74, 6) is -0.257. The van der Waals surface area contributed by atoms with Crippen molar-refractivity contribution in [3.63, 3.8) is 0 Å². The summed E-state index contributed by atoms with van der Waals surface area (Å²) < 4.78 is 0. The lowest BCUT2D eigenvalue weighted by Crippen LogP contribution is -2.45. The predicted octanol–water partition coefficient (Wildman–Crippen LogP) is 4.84. The van der Waals surface area contributed by atoms with Gasteiger partial charge in [0.05, 0.1) is 18.8 Å². The number of hydrogen-bond donors (Lipinski definition) is 3. The molecule has 4 heteroatoms. The lowest BCUT2D eigenvalue weighted by Gasteiger charge is -2.22. The van der Waals surface area contributed by atoms with Crippen molar-refractivity contribution in [3.8, 4) is 0 Å². The van der Waals surface area contributed by atoms with E-state index in [1.807, 2.05) is 6.07 Å². The van der Waals surface area contributed by atoms with E-state index in [1.54, 1.807) is 24.3 Å². The van der Waals surface area contributed by atoms with E-state index in [-0.39, 0.29) is 12.5 Å². The Kier molecular flexibility index (Phi) is 13.7. The first-order chi connectivity index (χ1) is 13.2. The molecule has 0 saturated heterocycles. The van der Waals surface area contributed by atoms with Gasteiger partial charge in [-0.2, -0.15) is 0 Å². The van der Waals surface area contributed by atoms with Crippen LogP contribution in [0.3, 0.4) is 0 Å². The summed E-state index contributed by atoms with van der Waals surface area (Å²) in [5, 5.41) is 22.5. The van der Waals surface area contributed by atoms with Crippen molar-refractivity contribution in [1.29, 1.82) is 0 Å². The van der Waals surface area contributed by atoms with Crippen molar-refractivity contribution < 1.29 is 15.0 Å². The Morgan fingerprint density at radius 1 is 0.889 bits per heavy atom. The van der Waals surface area contributed by atoms with E-state index in [0.717, 1.165) is 12.8 Å². The molecule has 0 radical (unpaired) electrons. The molecule has 27 heavy (non-hydrogen) atoms. The number of aliphatic hydroxyl groups excluding tert-OH is 2. The molecule has 0 heterocycles. The maximum absolute atomic E-state index is 12.1. The molecule has 2 atom stereocenters. The van der Waals surface area contributed by atoms with Crippen LogP contribution in [0, 0.1) is 0 Å². The highest BCUT2D eigenvalue weighted by molar-refractivity contribution is 5.94. The molecule has 2 unspecified atom stereocenters. The van der Waals surface area contributed by atoms with Gasteiger partial charge in [-0.05, 0) is 18.6 Å². The van der Waals surface area contributed by atoms with Gasteiger partial charge in [-0.25, -0.2) is 0 Å². The Labute approximate surface area is 165 Å². The number of aliphatic hydroxyl groups is 2. The number of unbranched alkanes of at least 4 members (excludes halogenated alkanes) is 10. The van der Waals surface area contributed by atoms with Gasteiger partial charge in [-0.3, -0.25) is 4.79 Å². The maximum atomic E-state index is 12.1. The van der Waals surface area contributed by atoms with Crippen molar-refractivity contribution in [2.75, 3.05) is 6.61 Å². The Bertz CT molecular complexity index is 478. The fraction of sp³-hybridized carbons (Fsp3) is 0.696. The summed E-state index contributed by atoms with van der Waals surface area (Å²) in [4.78, 5) is 12.1. The molecule has 154 valence electrons. The predicted molar refractivity (Wildman–Crippen MR) is 112 cm³/mol. The second kappa shape index (κ2) is 15.6. The van der Waals surface area contributed by atoms with Gasteiger partial charge in [0.25, 0.3) is 5.91 Å². The van der Waals surface area contributed by atoms with Crippen LogP contribution < -0.4 is 5.32 Å². The third-order valence-electron chi connectivity index (χ3n) is 5.12. The molecule has 0 aliphatic carbocycles. The molecule has 4 nitrogen and oxygen atoms in total. The third kappa shape index (κ3) is 11.1. The average Bonchev–Trinajstić information content (AvgIpc) is 2.70. The molecular weight excluding hydrogens is 338 g/mol. The largest absolute Gasteiger partial charge is 0.394 e. The average molecular weight is 378 g/mol. The number of carbonyl (C=O) groups excluding carboxylic acids is 1. The summed E-state index contributed by atoms with van der Waals surface area (Å²) in [7, 11) is 0. The Balaban J connectivity index is 2.08. The highest BCUT2D eigenvalue weighted by Gasteiger charge is 2.20. The molecule has 1 aromatic rings. The van der Waals surface area contributed by atoms with Crippen LogP contribution in [-0.2, 0) is 0 Å². The molecule has 1 amide bonds. The smallest absolute Gasteiger partial charge is 0.251 e. The van der Waals surface area contributed by atoms with Gasteiger partial charge >= 0.3 is 0 Å². The first-order valence-electron chi connectivity index (χ1n) is 10.8. The number of amides is 1. The highest BCUT2D eigenvalue weighted by Crippen LogP contribution is 2.13. The zero-order valence-electron chi connectivity index (χ0n) is 17.0. The van der Waals surface area contributed by atoms with E-state index < -0.39 is 12.1 Å². The molecular formula is C23H39NO3. The monoisotopic (exact) mass is 377 g/mol. The van der Waals surface area contributed by atoms with E-state index in [2.05, 4.69) is 12.2 Å². The molecule has 0 aromatic heterocycles. The minimum atomic E-state index is -0.707. The normalized spacial score (nSPS) is 13.3. The minimum absolute atomic E-state index is 0.252. The van der Waals surface area contributed by atoms with Gasteiger partial charge in [0.15, 0.2) is 0 Å². The standard InChI is InChI=1S/C23H39NO3/c1-2-3-4-5-6-7-8-9-10-11-15-18-22(26)21(19-25)24-23(27)20-16-13-12-14-17-20/h12-14,16-17,21-22,25-26H,2-11,15,18-19H2,1H3,(H,24,27). The number of rotatable bonds is 16. The summed E-state index contributed by atoms with van der Waals surface area (Å²) in [6.45, 7) is 1.99. The van der Waals surface area contributed by atoms with E-state index in [0.29, 0.717) is 12.0 Å². The number of benzene rings is 1. The molecule has 0 spiro atoms. The summed E-state index contributed by atoms with van der Waals surface area (Å²) in [5.41, 5.74) is 0.540. The zero-order valence-corrected chi connectivity index (χ0v) is 17.0. The Morgan fingerprint density at radius 3 is 1.93 bits per heavy atom. The molecule has 0 bridgehead atoms. The van der Waals surface area contributed by atoms with Crippen molar-refractivity contribution >= 4 is 5.91 Å². The molecule has 0 aliphatic heterocycles. The van der Waals surface area contributed by atoms with E-state index in [9.17, 15) is 15.0 Å². The lowest BCUT2D eigenvalue weighted by atomic mass is 10.0. The second-order valence-corrected chi connectivity index (χ2v) is 7.52. The number of hydrogen-bond acceptors (Lipinski definition) is 3. The molecule has 0 aliphatic rings. The van der Waals surface area contributed by atoms with Gasteiger partial charge in [0.2, 0.25) is 0 Å². The second-order valence-electron chi connectivity index (χ2n) is 7.52. The number of nitrogens with one attached hydrogen (secondary N) is 1. The zero-order chi connectivity index (χ0) is 19.7. The SMILES string of the molecule is CCCCCCCCCCCCCC(O)C(CO)NC(=O)c1ccccc1. The van der Waals surface area contributed by atoms with Crippen LogP contribution in [0.15, 0.2) is 30.3 Å². The van der Waals surface area contributed by atoms with Crippen LogP contribution in [0.25, 0.3) is 0 Å². The summed E-state index contributed by atoms with van der Waals surface area (Å²) in [6, 6.07) is 8.28. The van der Waals surface area contributed by atoms with E-state index >= 15 is 0 Å². The lowest BCUT2D eigenvalue weighted by molar-refractivity contribution is 0.0661. The first-order valence-corrected chi connectivity index (χ1v) is 10.8. The van der Waals surface area contributed by atoms with Gasteiger partial charge in [0, 0.05) is 5.56 Å². The van der Waals surface area contributed by atoms with Crippen LogP contribution in [0.1, 0.15) is 94.3 Å². The van der Waals surface area contributed by atoms with Crippen molar-refractivity contribution in [2.24, 2.45) is 0 Å². The Morgan fingerprint density at radius 2 is 1.41 bits per heavy atom. The van der Waals surface area contributed by atoms with Crippen LogP contribution in [-0.4, -0.2) is 34.9 Å². The molecule has 1 aromatic carbocycles. The van der Waals surface area contributed by atoms with Crippen molar-refractivity contribution in [2.45, 2.75) is 96.1 Å². The first kappa shape index (κ1) is 23.6. The van der Waals surface area contributed by atoms with Gasteiger partial charge in [0.1, 0.15) is 0 Å². The van der Waals surface area contributed by atoms with Gasteiger partial charge in [-0.15, -0.1) is 0 Å². The van der Waals surface area contributed by atoms with E-state index in [4.69, 9.17) is 0 Å². The fourth-order valence-electron chi connectivity index (χ4n) is 3.32. The minimum Gasteiger partial charge on any atom is -0.394 e. The van der Waals surface area contributed by atoms with Gasteiger partial charge < -0.3 is 15.5 Å². The third-order valence-corrected chi connectivity index (χ3v) is 5.12. The van der Waals surface area contributed by atoms with Crippen LogP contribution in [0.4, 0.5) is 0 Å². The topological polar surface area (TPSA) is 69.6 Å². The Hall–Kier alpha value is -1.39. The summed E-state index contributed by atoms with van der Waals surface area (Å²) in [6.07, 6.45) is 13.8. The maximum Gasteiger partial charge on any atom is 0.251 e. The molecule has 0 fully saturated rings. The van der Waals surface area contributed by atoms with Crippen LogP contribution in [0.2, 0.25) is 0 Å². The fourth-order valence-corrected chi connectivity index (χ4v) is 3.32. The molecule has 0 saturated carbocycles. The van der Waals surface area contributed by atoms with Crippen molar-refractivity contribution in [1.82, 2.24) is 5.32 Å². The van der Waals surface area contributed by atoms with Crippen LogP contribution in [0.5, 0.6) is 0 Å². The van der Waals surface area contributed by atoms with Crippen molar-refractivity contribution in [3.05, 3.63) is 35.9 Å². The molecule has 1 rings (SSSR count). The quantitative estimate of drug-likeness (QED) is 0.361. The molecule has 3 N–H and O–H groups in total. The van der Waals surface area contributed by atoms with Gasteiger partial charge in [-0.1, -0.05) is 95.8 Å². The highest BCUT2D eigenvalue weighted by atomic mass is 16.3. The van der Waals surface area contributed by atoms with Crippen LogP contribution >= 0.6 is 0 Å². The number of carbonyl (C=O) groups is 1. The van der Waals surface area contributed by atoms with E-state index in [1.165, 1.54) is 57.8 Å². The summed E-state index contributed by atoms with van der Waals surface area (Å²) >= 11 is 0.